The summed E-state index contributed by atoms with van der Waals surface area (Å²) in [6.07, 6.45) is 3.39. The van der Waals surface area contributed by atoms with Gasteiger partial charge >= 0.3 is 0 Å². The van der Waals surface area contributed by atoms with Crippen LogP contribution in [0.15, 0.2) is 17.1 Å². The van der Waals surface area contributed by atoms with Crippen LogP contribution in [0.4, 0.5) is 10.1 Å². The molecule has 1 aromatic heterocycles. The monoisotopic (exact) mass is 347 g/mol. The third-order valence-corrected chi connectivity index (χ3v) is 5.01. The van der Waals surface area contributed by atoms with E-state index in [1.165, 1.54) is 19.4 Å². The highest BCUT2D eigenvalue weighted by molar-refractivity contribution is 5.92. The topological polar surface area (TPSA) is 66.7 Å². The minimum atomic E-state index is -0.565. The summed E-state index contributed by atoms with van der Waals surface area (Å²) < 4.78 is 22.4. The Balaban J connectivity index is 2.01. The summed E-state index contributed by atoms with van der Waals surface area (Å²) >= 11 is 0. The number of halogens is 1. The van der Waals surface area contributed by atoms with Crippen molar-refractivity contribution in [3.8, 4) is 11.5 Å². The fraction of sp³-hybridized carbons (Fsp3) is 0.500. The highest BCUT2D eigenvalue weighted by Gasteiger charge is 2.31. The van der Waals surface area contributed by atoms with Crippen molar-refractivity contribution >= 4 is 16.6 Å². The van der Waals surface area contributed by atoms with Gasteiger partial charge in [0.1, 0.15) is 5.69 Å². The van der Waals surface area contributed by atoms with Gasteiger partial charge < -0.3 is 24.6 Å². The third-order valence-electron chi connectivity index (χ3n) is 5.01. The molecule has 1 saturated heterocycles. The second kappa shape index (κ2) is 5.91. The minimum absolute atomic E-state index is 0.160. The molecular weight excluding hydrogens is 325 g/mol. The van der Waals surface area contributed by atoms with Crippen molar-refractivity contribution in [1.82, 2.24) is 9.88 Å². The maximum Gasteiger partial charge on any atom is 0.231 e. The lowest BCUT2D eigenvalue weighted by molar-refractivity contribution is 0.406. The lowest BCUT2D eigenvalue weighted by Crippen LogP contribution is -2.49. The Kier molecular flexibility index (Phi) is 3.83. The normalized spacial score (nSPS) is 20.9. The summed E-state index contributed by atoms with van der Waals surface area (Å²) in [5.74, 6) is -0.485. The molecule has 25 heavy (non-hydrogen) atoms. The Hall–Kier alpha value is -2.28. The molecule has 2 aliphatic rings. The number of piperazine rings is 1. The Morgan fingerprint density at radius 2 is 2.16 bits per heavy atom. The standard InChI is InChI=1S/C18H22FN3O3/c1-10-8-21(6-5-20-10)16-13(19)7-12-15(18(16)25-2)22(11-3-4-11)9-14(23)17(12)24/h7,9-11,20,23H,3-6,8H2,1-2H3. The first kappa shape index (κ1) is 16.2. The van der Waals surface area contributed by atoms with Gasteiger partial charge in [-0.25, -0.2) is 4.39 Å². The number of fused-ring (bicyclic) bond motifs is 1. The number of nitrogens with one attached hydrogen (secondary N) is 1. The van der Waals surface area contributed by atoms with E-state index in [1.54, 1.807) is 0 Å². The van der Waals surface area contributed by atoms with Crippen LogP contribution < -0.4 is 20.4 Å². The van der Waals surface area contributed by atoms with E-state index < -0.39 is 11.2 Å². The lowest BCUT2D eigenvalue weighted by Gasteiger charge is -2.35. The zero-order valence-corrected chi connectivity index (χ0v) is 14.4. The van der Waals surface area contributed by atoms with E-state index in [1.807, 2.05) is 9.47 Å². The molecule has 2 N–H and O–H groups in total. The van der Waals surface area contributed by atoms with Crippen LogP contribution in [0.3, 0.4) is 0 Å². The summed E-state index contributed by atoms with van der Waals surface area (Å²) in [7, 11) is 1.50. The molecule has 2 heterocycles. The molecule has 6 nitrogen and oxygen atoms in total. The number of hydrogen-bond acceptors (Lipinski definition) is 5. The molecule has 0 amide bonds. The van der Waals surface area contributed by atoms with Crippen LogP contribution in [0.2, 0.25) is 0 Å². The van der Waals surface area contributed by atoms with Crippen LogP contribution in [0.5, 0.6) is 11.5 Å². The van der Waals surface area contributed by atoms with Gasteiger partial charge in [0, 0.05) is 31.7 Å². The van der Waals surface area contributed by atoms with Crippen molar-refractivity contribution in [3.05, 3.63) is 28.3 Å². The number of hydrogen-bond donors (Lipinski definition) is 2. The fourth-order valence-electron chi connectivity index (χ4n) is 3.69. The molecule has 7 heteroatoms. The highest BCUT2D eigenvalue weighted by atomic mass is 19.1. The van der Waals surface area contributed by atoms with E-state index in [4.69, 9.17) is 4.74 Å². The van der Waals surface area contributed by atoms with Crippen LogP contribution in [0.25, 0.3) is 10.9 Å². The van der Waals surface area contributed by atoms with Crippen LogP contribution in [0, 0.1) is 5.82 Å². The molecule has 1 aliphatic heterocycles. The molecule has 0 spiro atoms. The van der Waals surface area contributed by atoms with Gasteiger partial charge in [0.05, 0.1) is 24.2 Å². The van der Waals surface area contributed by atoms with Crippen molar-refractivity contribution in [2.24, 2.45) is 0 Å². The number of pyridine rings is 1. The Morgan fingerprint density at radius 3 is 2.80 bits per heavy atom. The number of aromatic nitrogens is 1. The average Bonchev–Trinajstić information content (AvgIpc) is 3.42. The Bertz CT molecular complexity index is 891. The summed E-state index contributed by atoms with van der Waals surface area (Å²) in [4.78, 5) is 14.3. The van der Waals surface area contributed by atoms with Gasteiger partial charge in [-0.2, -0.15) is 0 Å². The molecule has 0 radical (unpaired) electrons. The number of anilines is 1. The number of benzene rings is 1. The van der Waals surface area contributed by atoms with E-state index >= 15 is 0 Å². The molecule has 1 saturated carbocycles. The zero-order chi connectivity index (χ0) is 17.7. The van der Waals surface area contributed by atoms with Crippen LogP contribution in [-0.2, 0) is 0 Å². The van der Waals surface area contributed by atoms with E-state index in [0.717, 1.165) is 19.4 Å². The van der Waals surface area contributed by atoms with Gasteiger partial charge in [-0.05, 0) is 25.8 Å². The number of methoxy groups -OCH3 is 1. The van der Waals surface area contributed by atoms with Crippen molar-refractivity contribution < 1.29 is 14.2 Å². The summed E-state index contributed by atoms with van der Waals surface area (Å²) in [5.41, 5.74) is 0.391. The minimum Gasteiger partial charge on any atom is -0.503 e. The molecule has 1 aliphatic carbocycles. The molecule has 0 bridgehead atoms. The largest absolute Gasteiger partial charge is 0.503 e. The summed E-state index contributed by atoms with van der Waals surface area (Å²) in [6, 6.07) is 1.68. The van der Waals surface area contributed by atoms with Crippen molar-refractivity contribution in [1.29, 1.82) is 0 Å². The number of aromatic hydroxyl groups is 1. The van der Waals surface area contributed by atoms with Gasteiger partial charge in [0.15, 0.2) is 17.3 Å². The van der Waals surface area contributed by atoms with Gasteiger partial charge in [-0.15, -0.1) is 0 Å². The second-order valence-electron chi connectivity index (χ2n) is 6.92. The molecule has 1 unspecified atom stereocenters. The smallest absolute Gasteiger partial charge is 0.231 e. The first-order valence-corrected chi connectivity index (χ1v) is 8.64. The van der Waals surface area contributed by atoms with Gasteiger partial charge in [-0.1, -0.05) is 0 Å². The maximum atomic E-state index is 15.0. The van der Waals surface area contributed by atoms with E-state index in [-0.39, 0.29) is 23.2 Å². The summed E-state index contributed by atoms with van der Waals surface area (Å²) in [6.45, 7) is 4.13. The number of ether oxygens (including phenoxy) is 1. The van der Waals surface area contributed by atoms with Crippen LogP contribution >= 0.6 is 0 Å². The molecule has 1 aromatic carbocycles. The Morgan fingerprint density at radius 1 is 1.40 bits per heavy atom. The SMILES string of the molecule is COc1c(N2CCNC(C)C2)c(F)cc2c(=O)c(O)cn(C3CC3)c12. The molecule has 134 valence electrons. The lowest BCUT2D eigenvalue weighted by atomic mass is 10.1. The maximum absolute atomic E-state index is 15.0. The molecule has 1 atom stereocenters. The second-order valence-corrected chi connectivity index (χ2v) is 6.92. The average molecular weight is 347 g/mol. The molecular formula is C18H22FN3O3. The summed E-state index contributed by atoms with van der Waals surface area (Å²) in [5, 5.41) is 13.5. The predicted octanol–water partition coefficient (Wildman–Crippen LogP) is 1.99. The number of rotatable bonds is 3. The van der Waals surface area contributed by atoms with E-state index in [0.29, 0.717) is 30.0 Å². The zero-order valence-electron chi connectivity index (χ0n) is 14.4. The van der Waals surface area contributed by atoms with Crippen LogP contribution in [-0.4, -0.2) is 42.5 Å². The molecule has 2 aromatic rings. The van der Waals surface area contributed by atoms with Gasteiger partial charge in [0.25, 0.3) is 0 Å². The fourth-order valence-corrected chi connectivity index (χ4v) is 3.69. The van der Waals surface area contributed by atoms with E-state index in [2.05, 4.69) is 12.2 Å². The highest BCUT2D eigenvalue weighted by Crippen LogP contribution is 2.44. The third kappa shape index (κ3) is 2.63. The first-order chi connectivity index (χ1) is 12.0. The molecule has 4 rings (SSSR count). The molecule has 2 fully saturated rings. The van der Waals surface area contributed by atoms with Gasteiger partial charge in [0.2, 0.25) is 5.43 Å². The van der Waals surface area contributed by atoms with Crippen molar-refractivity contribution in [2.75, 3.05) is 31.6 Å². The predicted molar refractivity (Wildman–Crippen MR) is 94.3 cm³/mol. The van der Waals surface area contributed by atoms with Gasteiger partial charge in [-0.3, -0.25) is 4.79 Å². The van der Waals surface area contributed by atoms with Crippen molar-refractivity contribution in [2.45, 2.75) is 31.8 Å². The first-order valence-electron chi connectivity index (χ1n) is 8.64. The van der Waals surface area contributed by atoms with Crippen LogP contribution in [0.1, 0.15) is 25.8 Å². The number of nitrogens with zero attached hydrogens (tertiary/aromatic N) is 2. The quantitative estimate of drug-likeness (QED) is 0.889. The Labute approximate surface area is 144 Å². The van der Waals surface area contributed by atoms with E-state index in [9.17, 15) is 14.3 Å². The van der Waals surface area contributed by atoms with Crippen molar-refractivity contribution in [3.63, 3.8) is 0 Å².